The van der Waals surface area contributed by atoms with Crippen LogP contribution < -0.4 is 31.0 Å². The normalized spacial score (nSPS) is 16.5. The van der Waals surface area contributed by atoms with Crippen molar-refractivity contribution in [1.82, 2.24) is 29.4 Å². The van der Waals surface area contributed by atoms with Crippen molar-refractivity contribution in [3.63, 3.8) is 0 Å². The summed E-state index contributed by atoms with van der Waals surface area (Å²) in [7, 11) is 3.94. The lowest BCUT2D eigenvalue weighted by molar-refractivity contribution is -0.129. The van der Waals surface area contributed by atoms with Gasteiger partial charge >= 0.3 is 0 Å². The Kier molecular flexibility index (Phi) is 8.10. The average molecular weight is 595 g/mol. The molecule has 44 heavy (non-hydrogen) atoms. The molecule has 6 rings (SSSR count). The van der Waals surface area contributed by atoms with Gasteiger partial charge in [-0.15, -0.1) is 0 Å². The third-order valence-electron chi connectivity index (χ3n) is 7.30. The van der Waals surface area contributed by atoms with Gasteiger partial charge in [-0.2, -0.15) is 0 Å². The number of pyridine rings is 2. The van der Waals surface area contributed by atoms with Gasteiger partial charge in [-0.05, 0) is 44.4 Å². The van der Waals surface area contributed by atoms with Crippen molar-refractivity contribution >= 4 is 34.3 Å². The Hall–Kier alpha value is -5.43. The van der Waals surface area contributed by atoms with E-state index in [2.05, 4.69) is 31.8 Å². The van der Waals surface area contributed by atoms with E-state index in [1.54, 1.807) is 24.4 Å². The standard InChI is InChI=1S/C31H34N10O3/c1-4-33-27-16-24(11-13-41(27)32)44-23-9-7-21(8-10-23)36-30-29-25(34-20-35-30)17-26-31(37-29)39-14-15-40(22(18-39)19-43-26)28(42)6-5-12-38(2)3/h4-11,13,16-17,20,22H,1,12,14-15,18-19,32H2,2-3H3,(H,34,35,36)/b6-5+,33-27?/t22-/m0/s1. The maximum atomic E-state index is 12.9. The molecule has 3 N–H and O–H groups in total. The van der Waals surface area contributed by atoms with Crippen LogP contribution in [-0.2, 0) is 4.79 Å². The summed E-state index contributed by atoms with van der Waals surface area (Å²) in [4.78, 5) is 37.0. The number of carbonyl (C=O) groups excluding carboxylic acids is 1. The molecule has 0 saturated carbocycles. The number of ether oxygens (including phenoxy) is 2. The van der Waals surface area contributed by atoms with Gasteiger partial charge in [0.05, 0.1) is 11.6 Å². The fraction of sp³-hybridized carbons (Fsp3) is 0.258. The van der Waals surface area contributed by atoms with Crippen molar-refractivity contribution in [1.29, 1.82) is 0 Å². The number of hydrogen-bond donors (Lipinski definition) is 2. The first kappa shape index (κ1) is 28.7. The Morgan fingerprint density at radius 3 is 2.84 bits per heavy atom. The molecule has 1 atom stereocenters. The second kappa shape index (κ2) is 12.4. The first-order valence-electron chi connectivity index (χ1n) is 14.2. The average Bonchev–Trinajstić information content (AvgIpc) is 3.14. The van der Waals surface area contributed by atoms with Gasteiger partial charge in [0.2, 0.25) is 5.91 Å². The number of nitrogens with one attached hydrogen (secondary N) is 1. The van der Waals surface area contributed by atoms with Gasteiger partial charge in [0, 0.05) is 62.5 Å². The number of amides is 1. The maximum Gasteiger partial charge on any atom is 0.246 e. The molecule has 0 unspecified atom stereocenters. The van der Waals surface area contributed by atoms with Crippen molar-refractivity contribution in [3.8, 4) is 17.2 Å². The number of nitrogen functional groups attached to an aromatic ring is 1. The molecule has 1 saturated heterocycles. The molecule has 2 aliphatic rings. The lowest BCUT2D eigenvalue weighted by Crippen LogP contribution is -2.56. The fourth-order valence-corrected chi connectivity index (χ4v) is 5.13. The van der Waals surface area contributed by atoms with Crippen LogP contribution in [-0.4, -0.2) is 88.3 Å². The van der Waals surface area contributed by atoms with E-state index in [1.807, 2.05) is 60.3 Å². The van der Waals surface area contributed by atoms with Crippen molar-refractivity contribution in [2.24, 2.45) is 4.99 Å². The van der Waals surface area contributed by atoms with E-state index in [0.29, 0.717) is 72.4 Å². The minimum atomic E-state index is -0.0862. The molecule has 2 aliphatic heterocycles. The van der Waals surface area contributed by atoms with E-state index in [0.717, 1.165) is 11.5 Å². The summed E-state index contributed by atoms with van der Waals surface area (Å²) < 4.78 is 13.6. The number of nitrogens with two attached hydrogens (primary N) is 1. The van der Waals surface area contributed by atoms with Gasteiger partial charge in [-0.3, -0.25) is 9.47 Å². The molecular formula is C31H34N10O3. The number of likely N-dealkylation sites (N-methyl/N-ethyl adjacent to an activating group) is 1. The highest BCUT2D eigenvalue weighted by atomic mass is 16.5. The van der Waals surface area contributed by atoms with Gasteiger partial charge in [0.25, 0.3) is 0 Å². The summed E-state index contributed by atoms with van der Waals surface area (Å²) in [5.74, 6) is 9.05. The van der Waals surface area contributed by atoms with Gasteiger partial charge < -0.3 is 35.3 Å². The van der Waals surface area contributed by atoms with Crippen LogP contribution in [0.3, 0.4) is 0 Å². The van der Waals surface area contributed by atoms with E-state index in [1.165, 1.54) is 17.2 Å². The summed E-state index contributed by atoms with van der Waals surface area (Å²) >= 11 is 0. The quantitative estimate of drug-likeness (QED) is 0.231. The van der Waals surface area contributed by atoms with Crippen molar-refractivity contribution in [2.75, 3.05) is 62.9 Å². The summed E-state index contributed by atoms with van der Waals surface area (Å²) in [5, 5.41) is 3.36. The molecule has 1 amide bonds. The molecule has 226 valence electrons. The number of fused-ring (bicyclic) bond motifs is 5. The summed E-state index contributed by atoms with van der Waals surface area (Å²) in [5.41, 5.74) is 2.59. The van der Waals surface area contributed by atoms with Crippen LogP contribution in [0.25, 0.3) is 11.0 Å². The Morgan fingerprint density at radius 1 is 1.20 bits per heavy atom. The fourth-order valence-electron chi connectivity index (χ4n) is 5.13. The van der Waals surface area contributed by atoms with Crippen LogP contribution in [0.5, 0.6) is 17.2 Å². The smallest absolute Gasteiger partial charge is 0.246 e. The molecule has 3 aromatic heterocycles. The Balaban J connectivity index is 1.19. The van der Waals surface area contributed by atoms with E-state index >= 15 is 0 Å². The van der Waals surface area contributed by atoms with Crippen molar-refractivity contribution < 1.29 is 14.3 Å². The highest BCUT2D eigenvalue weighted by Gasteiger charge is 2.35. The number of piperazine rings is 1. The Bertz CT molecular complexity index is 1780. The van der Waals surface area contributed by atoms with E-state index in [9.17, 15) is 4.79 Å². The highest BCUT2D eigenvalue weighted by molar-refractivity contribution is 5.90. The maximum absolute atomic E-state index is 12.9. The number of carbonyl (C=O) groups is 1. The minimum Gasteiger partial charge on any atom is -0.487 e. The topological polar surface area (TPSA) is 139 Å². The van der Waals surface area contributed by atoms with Crippen LogP contribution >= 0.6 is 0 Å². The number of benzene rings is 1. The highest BCUT2D eigenvalue weighted by Crippen LogP contribution is 2.36. The van der Waals surface area contributed by atoms with E-state index < -0.39 is 0 Å². The largest absolute Gasteiger partial charge is 0.487 e. The predicted molar refractivity (Wildman–Crippen MR) is 168 cm³/mol. The molecule has 0 aliphatic carbocycles. The van der Waals surface area contributed by atoms with Crippen LogP contribution in [0, 0.1) is 0 Å². The zero-order valence-electron chi connectivity index (χ0n) is 24.6. The number of aromatic nitrogens is 4. The summed E-state index contributed by atoms with van der Waals surface area (Å²) in [6.07, 6.45) is 8.12. The van der Waals surface area contributed by atoms with Gasteiger partial charge in [-0.1, -0.05) is 12.7 Å². The third kappa shape index (κ3) is 6.17. The van der Waals surface area contributed by atoms with Crippen LogP contribution in [0.1, 0.15) is 0 Å². The summed E-state index contributed by atoms with van der Waals surface area (Å²) in [6.45, 7) is 6.57. The van der Waals surface area contributed by atoms with Crippen LogP contribution in [0.4, 0.5) is 17.3 Å². The van der Waals surface area contributed by atoms with Gasteiger partial charge in [0.1, 0.15) is 29.9 Å². The van der Waals surface area contributed by atoms with Crippen molar-refractivity contribution in [2.45, 2.75) is 6.04 Å². The molecule has 13 nitrogen and oxygen atoms in total. The monoisotopic (exact) mass is 594 g/mol. The summed E-state index contributed by atoms with van der Waals surface area (Å²) in [6, 6.07) is 12.8. The lowest BCUT2D eigenvalue weighted by Gasteiger charge is -2.39. The van der Waals surface area contributed by atoms with E-state index in [-0.39, 0.29) is 11.9 Å². The van der Waals surface area contributed by atoms with Crippen LogP contribution in [0.2, 0.25) is 0 Å². The van der Waals surface area contributed by atoms with Gasteiger partial charge in [0.15, 0.2) is 22.9 Å². The van der Waals surface area contributed by atoms with Gasteiger partial charge in [-0.25, -0.2) is 19.9 Å². The molecule has 2 bridgehead atoms. The van der Waals surface area contributed by atoms with Crippen LogP contribution in [0.15, 0.2) is 84.9 Å². The third-order valence-corrected chi connectivity index (χ3v) is 7.30. The number of hydrogen-bond acceptors (Lipinski definition) is 11. The molecular weight excluding hydrogens is 560 g/mol. The molecule has 1 fully saturated rings. The zero-order valence-corrected chi connectivity index (χ0v) is 24.6. The lowest BCUT2D eigenvalue weighted by atomic mass is 10.1. The second-order valence-electron chi connectivity index (χ2n) is 10.7. The Labute approximate surface area is 254 Å². The first-order chi connectivity index (χ1) is 21.4. The predicted octanol–water partition coefficient (Wildman–Crippen LogP) is 2.65. The minimum absolute atomic E-state index is 0.00151. The zero-order chi connectivity index (χ0) is 30.6. The number of nitrogens with zero attached hydrogens (tertiary/aromatic N) is 8. The molecule has 4 aromatic rings. The Morgan fingerprint density at radius 2 is 2.05 bits per heavy atom. The van der Waals surface area contributed by atoms with Crippen molar-refractivity contribution in [3.05, 3.63) is 85.4 Å². The first-order valence-corrected chi connectivity index (χ1v) is 14.2. The molecule has 5 heterocycles. The number of anilines is 3. The molecule has 1 aromatic carbocycles. The molecule has 13 heteroatoms. The second-order valence-corrected chi connectivity index (χ2v) is 10.7. The molecule has 0 spiro atoms. The SMILES string of the molecule is C=CN=c1cc(Oc2ccc(Nc3ncnc4cc5c(nc34)N3CCN(C(=O)/C=C/CN(C)C)[C@H](CO5)C3)cc2)ccn1N. The number of rotatable bonds is 8. The molecule has 0 radical (unpaired) electrons. The van der Waals surface area contributed by atoms with E-state index in [4.69, 9.17) is 20.3 Å².